The molecule has 0 radical (unpaired) electrons. The minimum atomic E-state index is 0.503. The van der Waals surface area contributed by atoms with Gasteiger partial charge in [-0.1, -0.05) is 38.1 Å². The Kier molecular flexibility index (Phi) is 5.24. The summed E-state index contributed by atoms with van der Waals surface area (Å²) in [6.45, 7) is 13.8. The van der Waals surface area contributed by atoms with Crippen LogP contribution in [0.2, 0.25) is 0 Å². The molecular formula is C18H27NO. The summed E-state index contributed by atoms with van der Waals surface area (Å²) in [5.74, 6) is 1.05. The molecule has 0 N–H and O–H groups in total. The van der Waals surface area contributed by atoms with Crippen molar-refractivity contribution in [2.75, 3.05) is 19.7 Å². The molecule has 0 spiro atoms. The highest BCUT2D eigenvalue weighted by Crippen LogP contribution is 2.32. The predicted molar refractivity (Wildman–Crippen MR) is 86.3 cm³/mol. The number of nitrogens with zero attached hydrogens (tertiary/aromatic N) is 1. The maximum Gasteiger partial charge on any atom is 0.123 e. The van der Waals surface area contributed by atoms with Crippen LogP contribution in [0.4, 0.5) is 0 Å². The lowest BCUT2D eigenvalue weighted by Crippen LogP contribution is -2.44. The Balaban J connectivity index is 2.22. The van der Waals surface area contributed by atoms with E-state index in [1.165, 1.54) is 24.0 Å². The SMILES string of the molecule is C=C(C)c1cccc2c1CC(N(CCC)CCC)CO2. The lowest BCUT2D eigenvalue weighted by Gasteiger charge is -2.35. The number of fused-ring (bicyclic) bond motifs is 1. The van der Waals surface area contributed by atoms with Crippen molar-refractivity contribution < 1.29 is 4.74 Å². The van der Waals surface area contributed by atoms with E-state index in [0.717, 1.165) is 37.4 Å². The van der Waals surface area contributed by atoms with Crippen molar-refractivity contribution in [2.24, 2.45) is 0 Å². The molecule has 0 saturated heterocycles. The minimum absolute atomic E-state index is 0.503. The minimum Gasteiger partial charge on any atom is -0.492 e. The maximum atomic E-state index is 6.02. The molecule has 20 heavy (non-hydrogen) atoms. The number of hydrogen-bond acceptors (Lipinski definition) is 2. The van der Waals surface area contributed by atoms with Gasteiger partial charge in [0.1, 0.15) is 12.4 Å². The second-order valence-electron chi connectivity index (χ2n) is 5.77. The van der Waals surface area contributed by atoms with Gasteiger partial charge < -0.3 is 4.74 Å². The van der Waals surface area contributed by atoms with E-state index < -0.39 is 0 Å². The van der Waals surface area contributed by atoms with Crippen LogP contribution >= 0.6 is 0 Å². The number of benzene rings is 1. The van der Waals surface area contributed by atoms with Crippen LogP contribution in [0, 0.1) is 0 Å². The van der Waals surface area contributed by atoms with Crippen molar-refractivity contribution >= 4 is 5.57 Å². The number of rotatable bonds is 6. The highest BCUT2D eigenvalue weighted by Gasteiger charge is 2.26. The average Bonchev–Trinajstić information content (AvgIpc) is 2.45. The molecule has 1 aromatic rings. The van der Waals surface area contributed by atoms with Crippen LogP contribution < -0.4 is 4.74 Å². The first-order chi connectivity index (χ1) is 9.67. The summed E-state index contributed by atoms with van der Waals surface area (Å²) in [6, 6.07) is 6.82. The summed E-state index contributed by atoms with van der Waals surface area (Å²) in [5.41, 5.74) is 3.73. The third-order valence-corrected chi connectivity index (χ3v) is 4.00. The third kappa shape index (κ3) is 3.24. The van der Waals surface area contributed by atoms with Gasteiger partial charge in [-0.15, -0.1) is 0 Å². The molecule has 0 bridgehead atoms. The van der Waals surface area contributed by atoms with Gasteiger partial charge in [-0.3, -0.25) is 4.90 Å². The molecule has 0 aromatic heterocycles. The Morgan fingerprint density at radius 3 is 2.60 bits per heavy atom. The van der Waals surface area contributed by atoms with E-state index in [2.05, 4.69) is 50.4 Å². The lowest BCUT2D eigenvalue weighted by molar-refractivity contribution is 0.119. The molecule has 1 unspecified atom stereocenters. The van der Waals surface area contributed by atoms with Crippen LogP contribution in [0.3, 0.4) is 0 Å². The van der Waals surface area contributed by atoms with Crippen molar-refractivity contribution in [3.8, 4) is 5.75 Å². The molecule has 0 aliphatic carbocycles. The zero-order chi connectivity index (χ0) is 14.5. The van der Waals surface area contributed by atoms with Crippen LogP contribution in [0.5, 0.6) is 5.75 Å². The highest BCUT2D eigenvalue weighted by atomic mass is 16.5. The molecule has 1 aromatic carbocycles. The maximum absolute atomic E-state index is 6.02. The first-order valence-corrected chi connectivity index (χ1v) is 7.82. The molecule has 110 valence electrons. The Morgan fingerprint density at radius 2 is 2.00 bits per heavy atom. The zero-order valence-electron chi connectivity index (χ0n) is 13.1. The monoisotopic (exact) mass is 273 g/mol. The number of ether oxygens (including phenoxy) is 1. The zero-order valence-corrected chi connectivity index (χ0v) is 13.1. The van der Waals surface area contributed by atoms with Crippen molar-refractivity contribution in [1.82, 2.24) is 4.90 Å². The standard InChI is InChI=1S/C18H27NO/c1-5-10-19(11-6-2)15-12-17-16(14(3)4)8-7-9-18(17)20-13-15/h7-9,15H,3,5-6,10-13H2,1-2,4H3. The molecule has 1 aliphatic heterocycles. The van der Waals surface area contributed by atoms with Crippen LogP contribution in [0.15, 0.2) is 24.8 Å². The first kappa shape index (κ1) is 15.1. The van der Waals surface area contributed by atoms with E-state index in [4.69, 9.17) is 4.74 Å². The second-order valence-corrected chi connectivity index (χ2v) is 5.77. The smallest absolute Gasteiger partial charge is 0.123 e. The quantitative estimate of drug-likeness (QED) is 0.772. The van der Waals surface area contributed by atoms with Gasteiger partial charge in [-0.05, 0) is 50.9 Å². The highest BCUT2D eigenvalue weighted by molar-refractivity contribution is 5.67. The lowest BCUT2D eigenvalue weighted by atomic mass is 9.93. The first-order valence-electron chi connectivity index (χ1n) is 7.82. The van der Waals surface area contributed by atoms with Crippen molar-refractivity contribution in [1.29, 1.82) is 0 Å². The van der Waals surface area contributed by atoms with Gasteiger partial charge in [0.25, 0.3) is 0 Å². The van der Waals surface area contributed by atoms with Crippen LogP contribution in [-0.4, -0.2) is 30.6 Å². The fourth-order valence-corrected chi connectivity index (χ4v) is 3.08. The van der Waals surface area contributed by atoms with Gasteiger partial charge in [0, 0.05) is 11.6 Å². The second kappa shape index (κ2) is 6.94. The molecule has 1 heterocycles. The number of allylic oxidation sites excluding steroid dienone is 1. The topological polar surface area (TPSA) is 12.5 Å². The Hall–Kier alpha value is -1.28. The summed E-state index contributed by atoms with van der Waals surface area (Å²) in [7, 11) is 0. The Bertz CT molecular complexity index is 460. The molecule has 2 nitrogen and oxygen atoms in total. The fourth-order valence-electron chi connectivity index (χ4n) is 3.08. The summed E-state index contributed by atoms with van der Waals surface area (Å²) < 4.78 is 6.02. The van der Waals surface area contributed by atoms with Gasteiger partial charge in [-0.25, -0.2) is 0 Å². The van der Waals surface area contributed by atoms with Crippen LogP contribution in [0.1, 0.15) is 44.7 Å². The van der Waals surface area contributed by atoms with E-state index in [1.807, 2.05) is 0 Å². The third-order valence-electron chi connectivity index (χ3n) is 4.00. The molecule has 1 aliphatic rings. The number of hydrogen-bond donors (Lipinski definition) is 0. The molecule has 1 atom stereocenters. The molecular weight excluding hydrogens is 246 g/mol. The molecule has 0 saturated carbocycles. The van der Waals surface area contributed by atoms with Crippen LogP contribution in [0.25, 0.3) is 5.57 Å². The van der Waals surface area contributed by atoms with Gasteiger partial charge in [0.15, 0.2) is 0 Å². The van der Waals surface area contributed by atoms with Crippen molar-refractivity contribution in [3.63, 3.8) is 0 Å². The van der Waals surface area contributed by atoms with E-state index in [0.29, 0.717) is 6.04 Å². The van der Waals surface area contributed by atoms with E-state index in [1.54, 1.807) is 0 Å². The Labute approximate surface area is 123 Å². The largest absolute Gasteiger partial charge is 0.492 e. The summed E-state index contributed by atoms with van der Waals surface area (Å²) in [5, 5.41) is 0. The van der Waals surface area contributed by atoms with Crippen LogP contribution in [-0.2, 0) is 6.42 Å². The molecule has 2 rings (SSSR count). The van der Waals surface area contributed by atoms with Gasteiger partial charge in [-0.2, -0.15) is 0 Å². The summed E-state index contributed by atoms with van der Waals surface area (Å²) in [4.78, 5) is 2.58. The average molecular weight is 273 g/mol. The van der Waals surface area contributed by atoms with E-state index >= 15 is 0 Å². The normalized spacial score (nSPS) is 17.7. The van der Waals surface area contributed by atoms with Crippen molar-refractivity contribution in [2.45, 2.75) is 46.1 Å². The summed E-state index contributed by atoms with van der Waals surface area (Å²) in [6.07, 6.45) is 3.48. The predicted octanol–water partition coefficient (Wildman–Crippen LogP) is 4.15. The van der Waals surface area contributed by atoms with Crippen molar-refractivity contribution in [3.05, 3.63) is 35.9 Å². The fraction of sp³-hybridized carbons (Fsp3) is 0.556. The molecule has 0 fully saturated rings. The molecule has 0 amide bonds. The van der Waals surface area contributed by atoms with Gasteiger partial charge in [0.2, 0.25) is 0 Å². The Morgan fingerprint density at radius 1 is 1.30 bits per heavy atom. The van der Waals surface area contributed by atoms with Gasteiger partial charge >= 0.3 is 0 Å². The summed E-state index contributed by atoms with van der Waals surface area (Å²) >= 11 is 0. The van der Waals surface area contributed by atoms with Gasteiger partial charge in [0.05, 0.1) is 0 Å². The molecule has 2 heteroatoms. The van der Waals surface area contributed by atoms with E-state index in [-0.39, 0.29) is 0 Å². The van der Waals surface area contributed by atoms with E-state index in [9.17, 15) is 0 Å².